The van der Waals surface area contributed by atoms with Crippen LogP contribution in [0, 0.1) is 0 Å². The number of thiazole rings is 1. The zero-order chi connectivity index (χ0) is 17.2. The second-order valence-electron chi connectivity index (χ2n) is 5.44. The average Bonchev–Trinajstić information content (AvgIpc) is 3.30. The number of fused-ring (bicyclic) bond motifs is 1. The van der Waals surface area contributed by atoms with Crippen molar-refractivity contribution in [3.05, 3.63) is 72.6 Å². The minimum Gasteiger partial charge on any atom is -0.497 e. The van der Waals surface area contributed by atoms with Crippen molar-refractivity contribution in [1.82, 2.24) is 9.55 Å². The highest BCUT2D eigenvalue weighted by Gasteiger charge is 2.10. The molecule has 2 aromatic carbocycles. The molecule has 2 aromatic heterocycles. The van der Waals surface area contributed by atoms with Crippen LogP contribution in [0.3, 0.4) is 0 Å². The smallest absolute Gasteiger partial charge is 0.257 e. The van der Waals surface area contributed by atoms with Gasteiger partial charge in [0.25, 0.3) is 5.91 Å². The van der Waals surface area contributed by atoms with Gasteiger partial charge >= 0.3 is 0 Å². The lowest BCUT2D eigenvalue weighted by atomic mass is 10.2. The quantitative estimate of drug-likeness (QED) is 0.596. The van der Waals surface area contributed by atoms with Gasteiger partial charge in [-0.05, 0) is 54.6 Å². The number of ether oxygens (including phenoxy) is 1. The molecule has 0 aliphatic heterocycles. The number of hydrogen-bond donors (Lipinski definition) is 1. The van der Waals surface area contributed by atoms with Gasteiger partial charge in [0.15, 0.2) is 5.13 Å². The number of aromatic nitrogens is 2. The fourth-order valence-electron chi connectivity index (χ4n) is 2.55. The molecule has 5 nitrogen and oxygen atoms in total. The van der Waals surface area contributed by atoms with Crippen LogP contribution in [0.25, 0.3) is 15.9 Å². The standard InChI is InChI=1S/C19H15N3O2S/c1-24-15-8-9-16-17(12-15)25-19(20-16)21-18(23)13-4-6-14(7-5-13)22-10-2-3-11-22/h2-12H,1H3,(H,20,21,23). The highest BCUT2D eigenvalue weighted by molar-refractivity contribution is 7.22. The maximum Gasteiger partial charge on any atom is 0.257 e. The number of rotatable bonds is 4. The number of methoxy groups -OCH3 is 1. The lowest BCUT2D eigenvalue weighted by Crippen LogP contribution is -2.11. The number of nitrogens with zero attached hydrogens (tertiary/aromatic N) is 2. The first kappa shape index (κ1) is 15.4. The van der Waals surface area contributed by atoms with Gasteiger partial charge in [-0.1, -0.05) is 11.3 Å². The van der Waals surface area contributed by atoms with E-state index < -0.39 is 0 Å². The summed E-state index contributed by atoms with van der Waals surface area (Å²) in [6.45, 7) is 0. The van der Waals surface area contributed by atoms with Gasteiger partial charge < -0.3 is 9.30 Å². The van der Waals surface area contributed by atoms with Crippen molar-refractivity contribution in [2.45, 2.75) is 0 Å². The van der Waals surface area contributed by atoms with Crippen LogP contribution in [-0.2, 0) is 0 Å². The summed E-state index contributed by atoms with van der Waals surface area (Å²) < 4.78 is 8.17. The minimum atomic E-state index is -0.176. The van der Waals surface area contributed by atoms with Gasteiger partial charge in [-0.3, -0.25) is 10.1 Å². The molecule has 0 atom stereocenters. The van der Waals surface area contributed by atoms with Crippen LogP contribution in [-0.4, -0.2) is 22.6 Å². The molecule has 4 rings (SSSR count). The number of benzene rings is 2. The number of amides is 1. The molecule has 6 heteroatoms. The molecule has 1 N–H and O–H groups in total. The van der Waals surface area contributed by atoms with Crippen molar-refractivity contribution in [2.24, 2.45) is 0 Å². The van der Waals surface area contributed by atoms with Gasteiger partial charge in [-0.15, -0.1) is 0 Å². The maximum atomic E-state index is 12.4. The molecule has 0 saturated carbocycles. The van der Waals surface area contributed by atoms with Crippen molar-refractivity contribution >= 4 is 32.6 Å². The number of carbonyl (C=O) groups excluding carboxylic acids is 1. The molecule has 0 spiro atoms. The highest BCUT2D eigenvalue weighted by Crippen LogP contribution is 2.29. The van der Waals surface area contributed by atoms with Crippen molar-refractivity contribution in [3.8, 4) is 11.4 Å². The van der Waals surface area contributed by atoms with Gasteiger partial charge in [0.05, 0.1) is 17.3 Å². The minimum absolute atomic E-state index is 0.176. The lowest BCUT2D eigenvalue weighted by Gasteiger charge is -2.05. The third-order valence-corrected chi connectivity index (χ3v) is 4.78. The Morgan fingerprint density at radius 2 is 1.88 bits per heavy atom. The Hall–Kier alpha value is -3.12. The van der Waals surface area contributed by atoms with E-state index in [0.29, 0.717) is 10.7 Å². The van der Waals surface area contributed by atoms with Crippen LogP contribution in [0.5, 0.6) is 5.75 Å². The number of carbonyl (C=O) groups is 1. The Bertz CT molecular complexity index is 1020. The SMILES string of the molecule is COc1ccc2nc(NC(=O)c3ccc(-n4cccc4)cc3)sc2c1. The first-order chi connectivity index (χ1) is 12.2. The molecule has 0 aliphatic carbocycles. The normalized spacial score (nSPS) is 10.8. The molecule has 0 saturated heterocycles. The summed E-state index contributed by atoms with van der Waals surface area (Å²) in [6, 6.07) is 17.0. The Kier molecular flexibility index (Phi) is 3.95. The Balaban J connectivity index is 1.53. The first-order valence-corrected chi connectivity index (χ1v) is 8.54. The molecular formula is C19H15N3O2S. The lowest BCUT2D eigenvalue weighted by molar-refractivity contribution is 0.102. The summed E-state index contributed by atoms with van der Waals surface area (Å²) in [7, 11) is 1.63. The van der Waals surface area contributed by atoms with Gasteiger partial charge in [0, 0.05) is 23.6 Å². The van der Waals surface area contributed by atoms with Crippen LogP contribution >= 0.6 is 11.3 Å². The molecule has 0 bridgehead atoms. The highest BCUT2D eigenvalue weighted by atomic mass is 32.1. The van der Waals surface area contributed by atoms with Gasteiger partial charge in [0.2, 0.25) is 0 Å². The average molecular weight is 349 g/mol. The van der Waals surface area contributed by atoms with Crippen molar-refractivity contribution in [2.75, 3.05) is 12.4 Å². The maximum absolute atomic E-state index is 12.4. The Morgan fingerprint density at radius 3 is 2.60 bits per heavy atom. The van der Waals surface area contributed by atoms with E-state index >= 15 is 0 Å². The summed E-state index contributed by atoms with van der Waals surface area (Å²) in [5.41, 5.74) is 2.44. The molecule has 4 aromatic rings. The van der Waals surface area contributed by atoms with E-state index in [0.717, 1.165) is 21.7 Å². The molecule has 25 heavy (non-hydrogen) atoms. The van der Waals surface area contributed by atoms with E-state index in [2.05, 4.69) is 10.3 Å². The Labute approximate surface area is 148 Å². The van der Waals surface area contributed by atoms with Crippen LogP contribution in [0.1, 0.15) is 10.4 Å². The van der Waals surface area contributed by atoms with Crippen LogP contribution in [0.4, 0.5) is 5.13 Å². The molecule has 0 aliphatic rings. The van der Waals surface area contributed by atoms with Gasteiger partial charge in [-0.25, -0.2) is 4.98 Å². The molecule has 2 heterocycles. The summed E-state index contributed by atoms with van der Waals surface area (Å²) in [4.78, 5) is 16.9. The molecular weight excluding hydrogens is 334 g/mol. The fourth-order valence-corrected chi connectivity index (χ4v) is 3.44. The van der Waals surface area contributed by atoms with Crippen molar-refractivity contribution in [3.63, 3.8) is 0 Å². The predicted octanol–water partition coefficient (Wildman–Crippen LogP) is 4.35. The monoisotopic (exact) mass is 349 g/mol. The number of anilines is 1. The van der Waals surface area contributed by atoms with Gasteiger partial charge in [0.1, 0.15) is 5.75 Å². The summed E-state index contributed by atoms with van der Waals surface area (Å²) in [5.74, 6) is 0.597. The molecule has 0 radical (unpaired) electrons. The third-order valence-electron chi connectivity index (χ3n) is 3.85. The predicted molar refractivity (Wildman–Crippen MR) is 99.9 cm³/mol. The van der Waals surface area contributed by atoms with Crippen molar-refractivity contribution in [1.29, 1.82) is 0 Å². The van der Waals surface area contributed by atoms with E-state index in [4.69, 9.17) is 4.74 Å². The first-order valence-electron chi connectivity index (χ1n) is 7.72. The molecule has 0 fully saturated rings. The largest absolute Gasteiger partial charge is 0.497 e. The number of hydrogen-bond acceptors (Lipinski definition) is 4. The molecule has 0 unspecified atom stereocenters. The van der Waals surface area contributed by atoms with Crippen LogP contribution < -0.4 is 10.1 Å². The number of nitrogens with one attached hydrogen (secondary N) is 1. The zero-order valence-electron chi connectivity index (χ0n) is 13.5. The van der Waals surface area contributed by atoms with E-state index in [1.807, 2.05) is 59.4 Å². The van der Waals surface area contributed by atoms with E-state index in [1.54, 1.807) is 19.2 Å². The Morgan fingerprint density at radius 1 is 1.12 bits per heavy atom. The molecule has 124 valence electrons. The summed E-state index contributed by atoms with van der Waals surface area (Å²) in [5, 5.41) is 3.43. The second-order valence-corrected chi connectivity index (χ2v) is 6.47. The second kappa shape index (κ2) is 6.41. The zero-order valence-corrected chi connectivity index (χ0v) is 14.3. The van der Waals surface area contributed by atoms with Crippen LogP contribution in [0.15, 0.2) is 67.0 Å². The van der Waals surface area contributed by atoms with Crippen molar-refractivity contribution < 1.29 is 9.53 Å². The van der Waals surface area contributed by atoms with E-state index in [1.165, 1.54) is 11.3 Å². The van der Waals surface area contributed by atoms with E-state index in [9.17, 15) is 4.79 Å². The molecule has 1 amide bonds. The third kappa shape index (κ3) is 3.12. The van der Waals surface area contributed by atoms with Crippen LogP contribution in [0.2, 0.25) is 0 Å². The van der Waals surface area contributed by atoms with Gasteiger partial charge in [-0.2, -0.15) is 0 Å². The topological polar surface area (TPSA) is 56.1 Å². The summed E-state index contributed by atoms with van der Waals surface area (Å²) in [6.07, 6.45) is 3.93. The van der Waals surface area contributed by atoms with E-state index in [-0.39, 0.29) is 5.91 Å². The summed E-state index contributed by atoms with van der Waals surface area (Å²) >= 11 is 1.42. The fraction of sp³-hybridized carbons (Fsp3) is 0.0526.